The van der Waals surface area contributed by atoms with Crippen molar-refractivity contribution < 1.29 is 28.3 Å². The number of nitrogens with one attached hydrogen (secondary N) is 2. The number of hydrogen-bond donors (Lipinski definition) is 3. The number of carboxylic acid groups (broad SMARTS) is 1. The largest absolute Gasteiger partial charge is 0.480 e. The van der Waals surface area contributed by atoms with Crippen LogP contribution in [0.2, 0.25) is 0 Å². The van der Waals surface area contributed by atoms with Gasteiger partial charge in [-0.25, -0.2) is 13.6 Å². The Balaban J connectivity index is 2.14. The Hall–Kier alpha value is -3.29. The van der Waals surface area contributed by atoms with Gasteiger partial charge < -0.3 is 15.7 Å². The van der Waals surface area contributed by atoms with E-state index in [1.165, 1.54) is 43.3 Å². The Labute approximate surface area is 160 Å². The lowest BCUT2D eigenvalue weighted by Gasteiger charge is -2.21. The summed E-state index contributed by atoms with van der Waals surface area (Å²) in [6.07, 6.45) is -0.152. The molecule has 8 heteroatoms. The molecule has 148 valence electrons. The minimum Gasteiger partial charge on any atom is -0.480 e. The van der Waals surface area contributed by atoms with Crippen molar-refractivity contribution in [2.24, 2.45) is 0 Å². The van der Waals surface area contributed by atoms with Crippen molar-refractivity contribution in [2.75, 3.05) is 0 Å². The van der Waals surface area contributed by atoms with Crippen LogP contribution in [0.3, 0.4) is 0 Å². The molecule has 0 aliphatic rings. The molecule has 2 rings (SSSR count). The summed E-state index contributed by atoms with van der Waals surface area (Å²) >= 11 is 0. The number of rotatable bonds is 8. The molecule has 0 bridgehead atoms. The number of benzene rings is 2. The zero-order chi connectivity index (χ0) is 20.7. The molecular weight excluding hydrogens is 370 g/mol. The summed E-state index contributed by atoms with van der Waals surface area (Å²) in [6.45, 7) is 1.22. The van der Waals surface area contributed by atoms with Crippen LogP contribution in [0.4, 0.5) is 8.78 Å². The Morgan fingerprint density at radius 2 is 1.39 bits per heavy atom. The molecule has 2 atom stereocenters. The maximum Gasteiger partial charge on any atom is 0.326 e. The highest BCUT2D eigenvalue weighted by Crippen LogP contribution is 2.09. The summed E-state index contributed by atoms with van der Waals surface area (Å²) in [5.41, 5.74) is 0.861. The van der Waals surface area contributed by atoms with Crippen LogP contribution in [0.5, 0.6) is 0 Å². The Kier molecular flexibility index (Phi) is 7.20. The number of halogens is 2. The Morgan fingerprint density at radius 3 is 1.82 bits per heavy atom. The highest BCUT2D eigenvalue weighted by Gasteiger charge is 2.26. The van der Waals surface area contributed by atoms with E-state index in [1.54, 1.807) is 12.1 Å². The summed E-state index contributed by atoms with van der Waals surface area (Å²) in [5, 5.41) is 14.2. The van der Waals surface area contributed by atoms with E-state index in [4.69, 9.17) is 0 Å². The molecule has 0 spiro atoms. The zero-order valence-corrected chi connectivity index (χ0v) is 15.1. The number of hydrogen-bond acceptors (Lipinski definition) is 3. The molecule has 2 amide bonds. The minimum atomic E-state index is -1.32. The van der Waals surface area contributed by atoms with Gasteiger partial charge in [-0.2, -0.15) is 0 Å². The van der Waals surface area contributed by atoms with Crippen LogP contribution in [0.15, 0.2) is 48.5 Å². The standard InChI is InChI=1S/C20H20F2N2O4/c1-12(25)23-17(10-13-4-2-6-15(21)8-13)19(26)24-18(20(27)28)11-14-5-3-7-16(22)9-14/h2-9,17-18H,10-11H2,1H3,(H,23,25)(H,24,26)(H,27,28)/t17-,18+/m0/s1. The molecule has 0 aliphatic heterocycles. The van der Waals surface area contributed by atoms with Gasteiger partial charge in [0.1, 0.15) is 23.7 Å². The molecule has 0 unspecified atom stereocenters. The second-order valence-corrected chi connectivity index (χ2v) is 6.32. The molecule has 2 aromatic rings. The van der Waals surface area contributed by atoms with Crippen molar-refractivity contribution in [3.05, 3.63) is 71.3 Å². The summed E-state index contributed by atoms with van der Waals surface area (Å²) in [6, 6.07) is 8.51. The van der Waals surface area contributed by atoms with Crippen molar-refractivity contribution in [2.45, 2.75) is 31.8 Å². The topological polar surface area (TPSA) is 95.5 Å². The fourth-order valence-corrected chi connectivity index (χ4v) is 2.73. The first-order valence-corrected chi connectivity index (χ1v) is 8.53. The van der Waals surface area contributed by atoms with Gasteiger partial charge in [-0.05, 0) is 35.4 Å². The second-order valence-electron chi connectivity index (χ2n) is 6.32. The lowest BCUT2D eigenvalue weighted by Crippen LogP contribution is -2.52. The predicted molar refractivity (Wildman–Crippen MR) is 97.4 cm³/mol. The Morgan fingerprint density at radius 1 is 0.893 bits per heavy atom. The van der Waals surface area contributed by atoms with Crippen LogP contribution in [0, 0.1) is 11.6 Å². The van der Waals surface area contributed by atoms with E-state index >= 15 is 0 Å². The van der Waals surface area contributed by atoms with E-state index in [2.05, 4.69) is 10.6 Å². The first-order chi connectivity index (χ1) is 13.2. The first-order valence-electron chi connectivity index (χ1n) is 8.53. The molecule has 0 aliphatic carbocycles. The molecule has 2 aromatic carbocycles. The van der Waals surface area contributed by atoms with Crippen molar-refractivity contribution in [1.82, 2.24) is 10.6 Å². The number of carbonyl (C=O) groups excluding carboxylic acids is 2. The maximum absolute atomic E-state index is 13.4. The molecule has 0 heterocycles. The molecular formula is C20H20F2N2O4. The van der Waals surface area contributed by atoms with Gasteiger partial charge in [0.05, 0.1) is 0 Å². The summed E-state index contributed by atoms with van der Waals surface area (Å²) in [4.78, 5) is 35.6. The monoisotopic (exact) mass is 390 g/mol. The van der Waals surface area contributed by atoms with Gasteiger partial charge in [-0.1, -0.05) is 24.3 Å². The molecule has 0 aromatic heterocycles. The van der Waals surface area contributed by atoms with Crippen LogP contribution >= 0.6 is 0 Å². The second kappa shape index (κ2) is 9.59. The summed E-state index contributed by atoms with van der Waals surface area (Å²) in [5.74, 6) is -3.54. The normalized spacial score (nSPS) is 12.7. The fourth-order valence-electron chi connectivity index (χ4n) is 2.73. The molecule has 0 saturated carbocycles. The van der Waals surface area contributed by atoms with Crippen molar-refractivity contribution in [3.63, 3.8) is 0 Å². The first kappa shape index (κ1) is 21.0. The van der Waals surface area contributed by atoms with Gasteiger partial charge >= 0.3 is 5.97 Å². The molecule has 0 radical (unpaired) electrons. The number of carboxylic acids is 1. The van der Waals surface area contributed by atoms with E-state index in [-0.39, 0.29) is 12.8 Å². The van der Waals surface area contributed by atoms with Crippen molar-refractivity contribution >= 4 is 17.8 Å². The van der Waals surface area contributed by atoms with Gasteiger partial charge in [0.25, 0.3) is 0 Å². The van der Waals surface area contributed by atoms with Gasteiger partial charge in [0.15, 0.2) is 0 Å². The molecule has 3 N–H and O–H groups in total. The van der Waals surface area contributed by atoms with Gasteiger partial charge in [0, 0.05) is 19.8 Å². The third-order valence-corrected chi connectivity index (χ3v) is 3.97. The molecule has 28 heavy (non-hydrogen) atoms. The fraction of sp³-hybridized carbons (Fsp3) is 0.250. The number of carbonyl (C=O) groups is 3. The minimum absolute atomic E-state index is 0.0184. The third-order valence-electron chi connectivity index (χ3n) is 3.97. The number of aliphatic carboxylic acids is 1. The van der Waals surface area contributed by atoms with E-state index < -0.39 is 41.5 Å². The highest BCUT2D eigenvalue weighted by atomic mass is 19.1. The SMILES string of the molecule is CC(=O)N[C@@H](Cc1cccc(F)c1)C(=O)N[C@H](Cc1cccc(F)c1)C(=O)O. The van der Waals surface area contributed by atoms with Gasteiger partial charge in [-0.3, -0.25) is 9.59 Å². The number of amides is 2. The van der Waals surface area contributed by atoms with Crippen molar-refractivity contribution in [3.8, 4) is 0 Å². The highest BCUT2D eigenvalue weighted by molar-refractivity contribution is 5.90. The van der Waals surface area contributed by atoms with Gasteiger partial charge in [-0.15, -0.1) is 0 Å². The quantitative estimate of drug-likeness (QED) is 0.641. The lowest BCUT2D eigenvalue weighted by molar-refractivity contribution is -0.142. The predicted octanol–water partition coefficient (Wildman–Crippen LogP) is 1.82. The average molecular weight is 390 g/mol. The lowest BCUT2D eigenvalue weighted by atomic mass is 10.0. The third kappa shape index (κ3) is 6.46. The van der Waals surface area contributed by atoms with E-state index in [0.717, 1.165) is 0 Å². The van der Waals surface area contributed by atoms with Crippen LogP contribution in [0.1, 0.15) is 18.1 Å². The maximum atomic E-state index is 13.4. The zero-order valence-electron chi connectivity index (χ0n) is 15.1. The smallest absolute Gasteiger partial charge is 0.326 e. The summed E-state index contributed by atoms with van der Waals surface area (Å²) < 4.78 is 26.7. The Bertz CT molecular complexity index is 873. The van der Waals surface area contributed by atoms with Gasteiger partial charge in [0.2, 0.25) is 11.8 Å². The average Bonchev–Trinajstić information content (AvgIpc) is 2.60. The van der Waals surface area contributed by atoms with Crippen molar-refractivity contribution in [1.29, 1.82) is 0 Å². The molecule has 0 fully saturated rings. The van der Waals surface area contributed by atoms with Crippen LogP contribution in [-0.2, 0) is 27.2 Å². The van der Waals surface area contributed by atoms with Crippen LogP contribution in [0.25, 0.3) is 0 Å². The van der Waals surface area contributed by atoms with E-state index in [9.17, 15) is 28.3 Å². The molecule has 0 saturated heterocycles. The van der Waals surface area contributed by atoms with E-state index in [1.807, 2.05) is 0 Å². The van der Waals surface area contributed by atoms with Crippen LogP contribution in [-0.4, -0.2) is 35.0 Å². The van der Waals surface area contributed by atoms with E-state index in [0.29, 0.717) is 11.1 Å². The van der Waals surface area contributed by atoms with Crippen LogP contribution < -0.4 is 10.6 Å². The molecule has 6 nitrogen and oxygen atoms in total. The summed E-state index contributed by atoms with van der Waals surface area (Å²) in [7, 11) is 0.